The van der Waals surface area contributed by atoms with Crippen LogP contribution in [0.2, 0.25) is 0 Å². The Labute approximate surface area is 150 Å². The number of amides is 2. The summed E-state index contributed by atoms with van der Waals surface area (Å²) in [5.41, 5.74) is -0.0713. The molecule has 2 rings (SSSR count). The van der Waals surface area contributed by atoms with Crippen LogP contribution in [0.25, 0.3) is 0 Å². The van der Waals surface area contributed by atoms with E-state index in [-0.39, 0.29) is 35.6 Å². The van der Waals surface area contributed by atoms with Crippen molar-refractivity contribution in [2.75, 3.05) is 26.2 Å². The molecular weight excluding hydrogens is 342 g/mol. The fraction of sp³-hybridized carbons (Fsp3) is 0.471. The maximum atomic E-state index is 12.2. The summed E-state index contributed by atoms with van der Waals surface area (Å²) in [7, 11) is 0. The number of nitro benzene ring substituents is 1. The number of likely N-dealkylation sites (tertiary alicyclic amines) is 1. The standard InChI is InChI=1S/C17H21N3O6/c1-2-26-17(23)12-6-8-19(9-7-12)15(21)11-18-16(22)13-4-3-5-14(10-13)20(24)25/h3-5,10,12H,2,6-9,11H2,1H3,(H,18,22). The van der Waals surface area contributed by atoms with E-state index in [1.807, 2.05) is 0 Å². The van der Waals surface area contributed by atoms with E-state index < -0.39 is 10.8 Å². The fourth-order valence-corrected chi connectivity index (χ4v) is 2.76. The lowest BCUT2D eigenvalue weighted by molar-refractivity contribution is -0.384. The summed E-state index contributed by atoms with van der Waals surface area (Å²) in [6.45, 7) is 2.73. The second-order valence-electron chi connectivity index (χ2n) is 5.90. The van der Waals surface area contributed by atoms with E-state index in [9.17, 15) is 24.5 Å². The molecule has 1 heterocycles. The quantitative estimate of drug-likeness (QED) is 0.460. The zero-order valence-corrected chi connectivity index (χ0v) is 14.5. The van der Waals surface area contributed by atoms with Crippen LogP contribution in [0.3, 0.4) is 0 Å². The summed E-state index contributed by atoms with van der Waals surface area (Å²) < 4.78 is 4.98. The zero-order valence-electron chi connectivity index (χ0n) is 14.5. The van der Waals surface area contributed by atoms with Gasteiger partial charge in [0, 0.05) is 30.8 Å². The molecule has 1 fully saturated rings. The molecule has 9 heteroatoms. The van der Waals surface area contributed by atoms with Crippen LogP contribution in [0.1, 0.15) is 30.1 Å². The second kappa shape index (κ2) is 8.93. The highest BCUT2D eigenvalue weighted by atomic mass is 16.6. The molecule has 0 bridgehead atoms. The number of carbonyl (C=O) groups is 3. The normalized spacial score (nSPS) is 14.6. The van der Waals surface area contributed by atoms with Crippen molar-refractivity contribution in [3.63, 3.8) is 0 Å². The van der Waals surface area contributed by atoms with Crippen LogP contribution >= 0.6 is 0 Å². The molecule has 0 spiro atoms. The minimum absolute atomic E-state index is 0.119. The van der Waals surface area contributed by atoms with Crippen LogP contribution in [0.15, 0.2) is 24.3 Å². The number of hydrogen-bond acceptors (Lipinski definition) is 6. The Hall–Kier alpha value is -2.97. The first-order valence-corrected chi connectivity index (χ1v) is 8.39. The summed E-state index contributed by atoms with van der Waals surface area (Å²) >= 11 is 0. The van der Waals surface area contributed by atoms with Crippen molar-refractivity contribution in [2.45, 2.75) is 19.8 Å². The maximum absolute atomic E-state index is 12.2. The Balaban J connectivity index is 1.82. The first kappa shape index (κ1) is 19.4. The van der Waals surface area contributed by atoms with Crippen molar-refractivity contribution >= 4 is 23.5 Å². The lowest BCUT2D eigenvalue weighted by atomic mass is 9.97. The molecule has 0 aliphatic carbocycles. The molecule has 1 saturated heterocycles. The lowest BCUT2D eigenvalue weighted by Crippen LogP contribution is -2.45. The molecular formula is C17H21N3O6. The van der Waals surface area contributed by atoms with Crippen LogP contribution in [-0.4, -0.2) is 53.8 Å². The number of nitrogens with one attached hydrogen (secondary N) is 1. The van der Waals surface area contributed by atoms with Crippen LogP contribution in [0, 0.1) is 16.0 Å². The smallest absolute Gasteiger partial charge is 0.309 e. The Morgan fingerprint density at radius 3 is 2.62 bits per heavy atom. The molecule has 0 atom stereocenters. The third-order valence-electron chi connectivity index (χ3n) is 4.19. The number of benzene rings is 1. The van der Waals surface area contributed by atoms with E-state index >= 15 is 0 Å². The number of nitrogens with zero attached hydrogens (tertiary/aromatic N) is 2. The Morgan fingerprint density at radius 2 is 2.00 bits per heavy atom. The van der Waals surface area contributed by atoms with Crippen molar-refractivity contribution in [3.8, 4) is 0 Å². The van der Waals surface area contributed by atoms with Crippen LogP contribution in [0.5, 0.6) is 0 Å². The van der Waals surface area contributed by atoms with Crippen molar-refractivity contribution in [3.05, 3.63) is 39.9 Å². The predicted octanol–water partition coefficient (Wildman–Crippen LogP) is 1.13. The van der Waals surface area contributed by atoms with E-state index in [1.54, 1.807) is 11.8 Å². The molecule has 1 aliphatic rings. The molecule has 0 aromatic heterocycles. The summed E-state index contributed by atoms with van der Waals surface area (Å²) in [6.07, 6.45) is 1.06. The molecule has 9 nitrogen and oxygen atoms in total. The number of rotatable bonds is 6. The highest BCUT2D eigenvalue weighted by Gasteiger charge is 2.28. The average molecular weight is 363 g/mol. The number of hydrogen-bond donors (Lipinski definition) is 1. The zero-order chi connectivity index (χ0) is 19.1. The van der Waals surface area contributed by atoms with Gasteiger partial charge in [0.25, 0.3) is 11.6 Å². The highest BCUT2D eigenvalue weighted by molar-refractivity contribution is 5.97. The summed E-state index contributed by atoms with van der Waals surface area (Å²) in [6, 6.07) is 5.30. The number of esters is 1. The molecule has 2 amide bonds. The minimum Gasteiger partial charge on any atom is -0.466 e. The Bertz CT molecular complexity index is 697. The molecule has 0 unspecified atom stereocenters. The van der Waals surface area contributed by atoms with Gasteiger partial charge in [-0.15, -0.1) is 0 Å². The van der Waals surface area contributed by atoms with Crippen molar-refractivity contribution in [2.24, 2.45) is 5.92 Å². The van der Waals surface area contributed by atoms with Gasteiger partial charge >= 0.3 is 5.97 Å². The van der Waals surface area contributed by atoms with Gasteiger partial charge in [-0.1, -0.05) is 6.07 Å². The van der Waals surface area contributed by atoms with Gasteiger partial charge in [0.05, 0.1) is 24.0 Å². The topological polar surface area (TPSA) is 119 Å². The largest absolute Gasteiger partial charge is 0.466 e. The van der Waals surface area contributed by atoms with Crippen molar-refractivity contribution in [1.29, 1.82) is 0 Å². The fourth-order valence-electron chi connectivity index (χ4n) is 2.76. The van der Waals surface area contributed by atoms with Gasteiger partial charge in [-0.2, -0.15) is 0 Å². The van der Waals surface area contributed by atoms with Crippen LogP contribution in [0.4, 0.5) is 5.69 Å². The van der Waals surface area contributed by atoms with Crippen LogP contribution < -0.4 is 5.32 Å². The molecule has 1 aromatic rings. The summed E-state index contributed by atoms with van der Waals surface area (Å²) in [4.78, 5) is 47.7. The summed E-state index contributed by atoms with van der Waals surface area (Å²) in [5.74, 6) is -1.24. The van der Waals surface area contributed by atoms with E-state index in [2.05, 4.69) is 5.32 Å². The van der Waals surface area contributed by atoms with E-state index in [0.717, 1.165) is 6.07 Å². The van der Waals surface area contributed by atoms with Gasteiger partial charge in [-0.3, -0.25) is 24.5 Å². The summed E-state index contributed by atoms with van der Waals surface area (Å²) in [5, 5.41) is 13.2. The number of non-ortho nitro benzene ring substituents is 1. The molecule has 140 valence electrons. The average Bonchev–Trinajstić information content (AvgIpc) is 2.66. The maximum Gasteiger partial charge on any atom is 0.309 e. The van der Waals surface area contributed by atoms with Gasteiger partial charge in [0.2, 0.25) is 5.91 Å². The van der Waals surface area contributed by atoms with E-state index in [1.165, 1.54) is 18.2 Å². The predicted molar refractivity (Wildman–Crippen MR) is 91.4 cm³/mol. The third-order valence-corrected chi connectivity index (χ3v) is 4.19. The first-order chi connectivity index (χ1) is 12.4. The van der Waals surface area contributed by atoms with Crippen molar-refractivity contribution in [1.82, 2.24) is 10.2 Å². The SMILES string of the molecule is CCOC(=O)C1CCN(C(=O)CNC(=O)c2cccc([N+](=O)[O-])c2)CC1. The van der Waals surface area contributed by atoms with E-state index in [4.69, 9.17) is 4.74 Å². The Kier molecular flexibility index (Phi) is 6.65. The number of ether oxygens (including phenoxy) is 1. The molecule has 1 aromatic carbocycles. The van der Waals surface area contributed by atoms with Gasteiger partial charge in [0.15, 0.2) is 0 Å². The first-order valence-electron chi connectivity index (χ1n) is 8.39. The highest BCUT2D eigenvalue weighted by Crippen LogP contribution is 2.18. The molecule has 0 saturated carbocycles. The lowest BCUT2D eigenvalue weighted by Gasteiger charge is -2.30. The molecule has 26 heavy (non-hydrogen) atoms. The number of carbonyl (C=O) groups excluding carboxylic acids is 3. The monoisotopic (exact) mass is 363 g/mol. The minimum atomic E-state index is -0.588. The van der Waals surface area contributed by atoms with Crippen molar-refractivity contribution < 1.29 is 24.0 Å². The van der Waals surface area contributed by atoms with Gasteiger partial charge < -0.3 is 15.0 Å². The van der Waals surface area contributed by atoms with Gasteiger partial charge in [-0.25, -0.2) is 0 Å². The number of piperidine rings is 1. The number of nitro groups is 1. The second-order valence-corrected chi connectivity index (χ2v) is 5.90. The molecule has 1 N–H and O–H groups in total. The Morgan fingerprint density at radius 1 is 1.31 bits per heavy atom. The van der Waals surface area contributed by atoms with Gasteiger partial charge in [0.1, 0.15) is 0 Å². The van der Waals surface area contributed by atoms with Gasteiger partial charge in [-0.05, 0) is 25.8 Å². The molecule has 1 aliphatic heterocycles. The third kappa shape index (κ3) is 5.01. The molecule has 0 radical (unpaired) electrons. The van der Waals surface area contributed by atoms with E-state index in [0.29, 0.717) is 32.5 Å². The van der Waals surface area contributed by atoms with Crippen LogP contribution in [-0.2, 0) is 14.3 Å².